The summed E-state index contributed by atoms with van der Waals surface area (Å²) < 4.78 is 21.6. The number of anilines is 1. The Hall–Kier alpha value is -4.25. The normalized spacial score (nSPS) is 18.5. The van der Waals surface area contributed by atoms with Crippen LogP contribution in [0.4, 0.5) is 5.69 Å². The van der Waals surface area contributed by atoms with Crippen molar-refractivity contribution in [2.24, 2.45) is 5.92 Å². The van der Waals surface area contributed by atoms with Crippen molar-refractivity contribution in [3.05, 3.63) is 65.7 Å². The van der Waals surface area contributed by atoms with Gasteiger partial charge in [-0.1, -0.05) is 36.4 Å². The molecule has 2 fully saturated rings. The first-order valence-corrected chi connectivity index (χ1v) is 14.4. The number of amides is 2. The van der Waals surface area contributed by atoms with Gasteiger partial charge in [0.25, 0.3) is 11.8 Å². The second-order valence-electron chi connectivity index (χ2n) is 11.6. The zero-order valence-electron chi connectivity index (χ0n) is 24.9. The summed E-state index contributed by atoms with van der Waals surface area (Å²) >= 11 is 0. The average molecular weight is 595 g/mol. The summed E-state index contributed by atoms with van der Waals surface area (Å²) in [7, 11) is 0. The molecule has 2 saturated heterocycles. The van der Waals surface area contributed by atoms with E-state index in [4.69, 9.17) is 18.9 Å². The summed E-state index contributed by atoms with van der Waals surface area (Å²) in [4.78, 5) is 67.2. The Morgan fingerprint density at radius 3 is 2.33 bits per heavy atom. The van der Waals surface area contributed by atoms with Crippen LogP contribution in [0.2, 0.25) is 0 Å². The third-order valence-corrected chi connectivity index (χ3v) is 7.07. The molecule has 4 rings (SSSR count). The zero-order valence-corrected chi connectivity index (χ0v) is 24.9. The SMILES string of the molecule is CC(=O)O[C@@H](C(=O)OC(C)(C)C)[C@H]1OCCN(c2cccc(C(=O)N3CCC(C(=O)OCc4ccccc4)CC3)c2)C1=O. The summed E-state index contributed by atoms with van der Waals surface area (Å²) in [5.74, 6) is -3.01. The number of carbonyl (C=O) groups excluding carboxylic acids is 5. The largest absolute Gasteiger partial charge is 0.461 e. The molecule has 11 heteroatoms. The number of ether oxygens (including phenoxy) is 4. The highest BCUT2D eigenvalue weighted by molar-refractivity contribution is 6.02. The van der Waals surface area contributed by atoms with Crippen LogP contribution in [-0.2, 0) is 44.7 Å². The quantitative estimate of drug-likeness (QED) is 0.334. The number of rotatable bonds is 8. The van der Waals surface area contributed by atoms with E-state index in [2.05, 4.69) is 0 Å². The topological polar surface area (TPSA) is 129 Å². The van der Waals surface area contributed by atoms with Gasteiger partial charge in [-0.15, -0.1) is 0 Å². The molecular formula is C32H38N2O9. The van der Waals surface area contributed by atoms with E-state index in [1.807, 2.05) is 30.3 Å². The molecule has 0 spiro atoms. The van der Waals surface area contributed by atoms with Crippen LogP contribution in [0.1, 0.15) is 56.5 Å². The minimum Gasteiger partial charge on any atom is -0.461 e. The van der Waals surface area contributed by atoms with Gasteiger partial charge in [0.05, 0.1) is 12.5 Å². The van der Waals surface area contributed by atoms with Gasteiger partial charge in [0, 0.05) is 37.8 Å². The molecule has 2 heterocycles. The van der Waals surface area contributed by atoms with Crippen LogP contribution in [0.25, 0.3) is 0 Å². The molecule has 2 aromatic rings. The minimum atomic E-state index is -1.59. The number of benzene rings is 2. The van der Waals surface area contributed by atoms with E-state index in [9.17, 15) is 24.0 Å². The Morgan fingerprint density at radius 1 is 0.977 bits per heavy atom. The van der Waals surface area contributed by atoms with Gasteiger partial charge in [-0.25, -0.2) is 4.79 Å². The molecule has 230 valence electrons. The van der Waals surface area contributed by atoms with Gasteiger partial charge >= 0.3 is 17.9 Å². The maximum absolute atomic E-state index is 13.5. The monoisotopic (exact) mass is 594 g/mol. The van der Waals surface area contributed by atoms with Crippen molar-refractivity contribution >= 4 is 35.4 Å². The lowest BCUT2D eigenvalue weighted by Gasteiger charge is -2.36. The van der Waals surface area contributed by atoms with E-state index in [1.165, 1.54) is 4.90 Å². The maximum Gasteiger partial charge on any atom is 0.351 e. The third-order valence-electron chi connectivity index (χ3n) is 7.07. The second kappa shape index (κ2) is 13.8. The Labute approximate surface area is 251 Å². The molecule has 2 aliphatic heterocycles. The standard InChI is InChI=1S/C32H38N2O9/c1-21(35)42-27(31(39)43-32(2,3)4)26-29(37)34(17-18-40-26)25-12-8-11-24(19-25)28(36)33-15-13-23(14-16-33)30(38)41-20-22-9-6-5-7-10-22/h5-12,19,23,26-27H,13-18,20H2,1-4H3/t26-,27-/m1/s1. The number of piperidine rings is 1. The number of morpholine rings is 1. The number of likely N-dealkylation sites (tertiary alicyclic amines) is 1. The van der Waals surface area contributed by atoms with E-state index >= 15 is 0 Å². The van der Waals surface area contributed by atoms with Crippen LogP contribution in [0.3, 0.4) is 0 Å². The van der Waals surface area contributed by atoms with Crippen molar-refractivity contribution in [1.29, 1.82) is 0 Å². The zero-order chi connectivity index (χ0) is 31.1. The molecule has 11 nitrogen and oxygen atoms in total. The number of hydrogen-bond donors (Lipinski definition) is 0. The van der Waals surface area contributed by atoms with E-state index < -0.39 is 35.7 Å². The molecule has 0 saturated carbocycles. The molecule has 0 bridgehead atoms. The molecular weight excluding hydrogens is 556 g/mol. The Morgan fingerprint density at radius 2 is 1.67 bits per heavy atom. The molecule has 43 heavy (non-hydrogen) atoms. The van der Waals surface area contributed by atoms with Crippen molar-refractivity contribution in [3.8, 4) is 0 Å². The number of esters is 3. The summed E-state index contributed by atoms with van der Waals surface area (Å²) in [6.07, 6.45) is -2.01. The van der Waals surface area contributed by atoms with Crippen LogP contribution in [0.15, 0.2) is 54.6 Å². The molecule has 2 aromatic carbocycles. The number of carbonyl (C=O) groups is 5. The van der Waals surface area contributed by atoms with Gasteiger partial charge in [-0.2, -0.15) is 0 Å². The molecule has 0 aromatic heterocycles. The molecule has 2 aliphatic rings. The highest BCUT2D eigenvalue weighted by atomic mass is 16.6. The average Bonchev–Trinajstić information content (AvgIpc) is 2.98. The number of hydrogen-bond acceptors (Lipinski definition) is 9. The highest BCUT2D eigenvalue weighted by Crippen LogP contribution is 2.26. The molecule has 2 amide bonds. The van der Waals surface area contributed by atoms with Crippen molar-refractivity contribution in [2.75, 3.05) is 31.1 Å². The van der Waals surface area contributed by atoms with E-state index in [1.54, 1.807) is 49.9 Å². The van der Waals surface area contributed by atoms with Crippen LogP contribution in [0.5, 0.6) is 0 Å². The molecule has 0 radical (unpaired) electrons. The van der Waals surface area contributed by atoms with Gasteiger partial charge < -0.3 is 28.7 Å². The van der Waals surface area contributed by atoms with Crippen molar-refractivity contribution < 1.29 is 42.9 Å². The molecule has 0 N–H and O–H groups in total. The van der Waals surface area contributed by atoms with Crippen LogP contribution in [-0.4, -0.2) is 78.7 Å². The lowest BCUT2D eigenvalue weighted by molar-refractivity contribution is -0.188. The second-order valence-corrected chi connectivity index (χ2v) is 11.6. The summed E-state index contributed by atoms with van der Waals surface area (Å²) in [5.41, 5.74) is 0.856. The van der Waals surface area contributed by atoms with E-state index in [0.29, 0.717) is 37.2 Å². The third kappa shape index (κ3) is 8.41. The summed E-state index contributed by atoms with van der Waals surface area (Å²) in [6.45, 7) is 7.36. The van der Waals surface area contributed by atoms with Crippen LogP contribution >= 0.6 is 0 Å². The highest BCUT2D eigenvalue weighted by Gasteiger charge is 2.44. The smallest absolute Gasteiger partial charge is 0.351 e. The van der Waals surface area contributed by atoms with Crippen LogP contribution in [0, 0.1) is 5.92 Å². The fourth-order valence-corrected chi connectivity index (χ4v) is 5.01. The Balaban J connectivity index is 1.39. The summed E-state index contributed by atoms with van der Waals surface area (Å²) in [5, 5.41) is 0. The van der Waals surface area contributed by atoms with Gasteiger partial charge in [0.1, 0.15) is 12.2 Å². The lowest BCUT2D eigenvalue weighted by Crippen LogP contribution is -2.56. The Bertz CT molecular complexity index is 1330. The van der Waals surface area contributed by atoms with Gasteiger partial charge in [-0.3, -0.25) is 19.2 Å². The van der Waals surface area contributed by atoms with Crippen molar-refractivity contribution in [2.45, 2.75) is 65.0 Å². The number of nitrogens with zero attached hydrogens (tertiary/aromatic N) is 2. The van der Waals surface area contributed by atoms with Gasteiger partial charge in [0.2, 0.25) is 6.10 Å². The van der Waals surface area contributed by atoms with E-state index in [-0.39, 0.29) is 37.6 Å². The van der Waals surface area contributed by atoms with Crippen molar-refractivity contribution in [3.63, 3.8) is 0 Å². The lowest BCUT2D eigenvalue weighted by atomic mass is 9.96. The fourth-order valence-electron chi connectivity index (χ4n) is 5.01. The Kier molecular flexibility index (Phi) is 10.2. The minimum absolute atomic E-state index is 0.0724. The van der Waals surface area contributed by atoms with Gasteiger partial charge in [0.15, 0.2) is 6.10 Å². The maximum atomic E-state index is 13.5. The van der Waals surface area contributed by atoms with Crippen molar-refractivity contribution in [1.82, 2.24) is 4.90 Å². The van der Waals surface area contributed by atoms with Gasteiger partial charge in [-0.05, 0) is 57.4 Å². The first-order chi connectivity index (χ1) is 20.4. The molecule has 0 unspecified atom stereocenters. The van der Waals surface area contributed by atoms with E-state index in [0.717, 1.165) is 12.5 Å². The fraction of sp³-hybridized carbons (Fsp3) is 0.469. The molecule has 2 atom stereocenters. The predicted molar refractivity (Wildman–Crippen MR) is 155 cm³/mol. The predicted octanol–water partition coefficient (Wildman–Crippen LogP) is 3.29. The van der Waals surface area contributed by atoms with Crippen LogP contribution < -0.4 is 4.90 Å². The molecule has 0 aliphatic carbocycles. The summed E-state index contributed by atoms with van der Waals surface area (Å²) in [6, 6.07) is 16.1. The first kappa shape index (κ1) is 31.7. The first-order valence-electron chi connectivity index (χ1n) is 14.4.